The Bertz CT molecular complexity index is 236. The Hall–Kier alpha value is -0.840. The normalized spacial score (nSPS) is 15.4. The second kappa shape index (κ2) is 5.80. The molecule has 0 bridgehead atoms. The van der Waals surface area contributed by atoms with Gasteiger partial charge in [0.25, 0.3) is 0 Å². The molecule has 0 aromatic carbocycles. The Balaban J connectivity index is 2.24. The molecule has 0 aliphatic carbocycles. The van der Waals surface area contributed by atoms with Crippen LogP contribution in [-0.4, -0.2) is 29.4 Å². The van der Waals surface area contributed by atoms with Gasteiger partial charge in [0.15, 0.2) is 0 Å². The third-order valence-electron chi connectivity index (χ3n) is 2.09. The summed E-state index contributed by atoms with van der Waals surface area (Å²) in [5, 5.41) is 21.4. The third-order valence-corrected chi connectivity index (χ3v) is 2.09. The van der Waals surface area contributed by atoms with E-state index in [1.807, 2.05) is 6.92 Å². The van der Waals surface area contributed by atoms with E-state index in [0.29, 0.717) is 18.7 Å². The molecule has 0 aliphatic heterocycles. The molecule has 0 saturated heterocycles. The number of aliphatic hydroxyl groups is 2. The molecule has 1 heterocycles. The minimum Gasteiger partial charge on any atom is -0.467 e. The van der Waals surface area contributed by atoms with E-state index in [1.165, 1.54) is 6.26 Å². The van der Waals surface area contributed by atoms with Gasteiger partial charge in [-0.1, -0.05) is 0 Å². The fourth-order valence-corrected chi connectivity index (χ4v) is 1.19. The molecule has 3 N–H and O–H groups in total. The number of rotatable bonds is 6. The molecule has 1 aromatic rings. The highest BCUT2D eigenvalue weighted by atomic mass is 16.4. The second-order valence-corrected chi connectivity index (χ2v) is 3.35. The predicted molar refractivity (Wildman–Crippen MR) is 52.8 cm³/mol. The monoisotopic (exact) mass is 199 g/mol. The summed E-state index contributed by atoms with van der Waals surface area (Å²) in [5.41, 5.74) is 0. The van der Waals surface area contributed by atoms with Crippen LogP contribution < -0.4 is 5.32 Å². The van der Waals surface area contributed by atoms with Crippen LogP contribution in [0.15, 0.2) is 22.8 Å². The summed E-state index contributed by atoms with van der Waals surface area (Å²) in [7, 11) is 0. The largest absolute Gasteiger partial charge is 0.467 e. The zero-order valence-corrected chi connectivity index (χ0v) is 8.31. The van der Waals surface area contributed by atoms with Crippen LogP contribution in [0.25, 0.3) is 0 Å². The van der Waals surface area contributed by atoms with Gasteiger partial charge in [-0.15, -0.1) is 0 Å². The topological polar surface area (TPSA) is 65.6 Å². The summed E-state index contributed by atoms with van der Waals surface area (Å²) in [6.07, 6.45) is 1.60. The van der Waals surface area contributed by atoms with E-state index in [4.69, 9.17) is 9.52 Å². The van der Waals surface area contributed by atoms with Crippen LogP contribution >= 0.6 is 0 Å². The standard InChI is InChI=1S/C10H17NO3/c1-8(4-5-12)11-7-9(13)10-3-2-6-14-10/h2-3,6,8-9,11-13H,4-5,7H2,1H3. The van der Waals surface area contributed by atoms with E-state index in [0.717, 1.165) is 0 Å². The summed E-state index contributed by atoms with van der Waals surface area (Å²) in [6, 6.07) is 3.68. The molecular formula is C10H17NO3. The lowest BCUT2D eigenvalue weighted by Crippen LogP contribution is -2.30. The van der Waals surface area contributed by atoms with E-state index >= 15 is 0 Å². The van der Waals surface area contributed by atoms with E-state index in [2.05, 4.69) is 5.32 Å². The van der Waals surface area contributed by atoms with Crippen molar-refractivity contribution >= 4 is 0 Å². The van der Waals surface area contributed by atoms with E-state index in [1.54, 1.807) is 12.1 Å². The first-order chi connectivity index (χ1) is 6.74. The van der Waals surface area contributed by atoms with Gasteiger partial charge in [0.1, 0.15) is 11.9 Å². The second-order valence-electron chi connectivity index (χ2n) is 3.35. The molecule has 0 spiro atoms. The van der Waals surface area contributed by atoms with Gasteiger partial charge in [0.05, 0.1) is 6.26 Å². The zero-order valence-electron chi connectivity index (χ0n) is 8.31. The lowest BCUT2D eigenvalue weighted by atomic mass is 10.2. The zero-order chi connectivity index (χ0) is 10.4. The van der Waals surface area contributed by atoms with Gasteiger partial charge in [-0.05, 0) is 25.5 Å². The molecule has 1 aromatic heterocycles. The quantitative estimate of drug-likeness (QED) is 0.630. The van der Waals surface area contributed by atoms with Crippen molar-refractivity contribution in [3.63, 3.8) is 0 Å². The predicted octanol–water partition coefficient (Wildman–Crippen LogP) is 0.673. The van der Waals surface area contributed by atoms with Crippen molar-refractivity contribution < 1.29 is 14.6 Å². The van der Waals surface area contributed by atoms with Gasteiger partial charge < -0.3 is 19.9 Å². The van der Waals surface area contributed by atoms with Crippen LogP contribution in [0.5, 0.6) is 0 Å². The summed E-state index contributed by atoms with van der Waals surface area (Å²) >= 11 is 0. The molecule has 80 valence electrons. The number of nitrogens with one attached hydrogen (secondary N) is 1. The maximum absolute atomic E-state index is 9.61. The first-order valence-electron chi connectivity index (χ1n) is 4.79. The minimum absolute atomic E-state index is 0.158. The van der Waals surface area contributed by atoms with Gasteiger partial charge in [-0.2, -0.15) is 0 Å². The lowest BCUT2D eigenvalue weighted by molar-refractivity contribution is 0.141. The molecule has 0 aliphatic rings. The third kappa shape index (κ3) is 3.49. The Morgan fingerprint density at radius 3 is 2.93 bits per heavy atom. The minimum atomic E-state index is -0.619. The fourth-order valence-electron chi connectivity index (χ4n) is 1.19. The average molecular weight is 199 g/mol. The van der Waals surface area contributed by atoms with Crippen LogP contribution in [0.2, 0.25) is 0 Å². The maximum Gasteiger partial charge on any atom is 0.133 e. The molecule has 0 fully saturated rings. The molecule has 2 unspecified atom stereocenters. The Kier molecular flexibility index (Phi) is 4.65. The number of aliphatic hydroxyl groups excluding tert-OH is 2. The fraction of sp³-hybridized carbons (Fsp3) is 0.600. The maximum atomic E-state index is 9.61. The first kappa shape index (κ1) is 11.2. The molecule has 0 radical (unpaired) electrons. The molecule has 14 heavy (non-hydrogen) atoms. The highest BCUT2D eigenvalue weighted by Crippen LogP contribution is 2.11. The van der Waals surface area contributed by atoms with Crippen molar-refractivity contribution in [2.24, 2.45) is 0 Å². The van der Waals surface area contributed by atoms with Gasteiger partial charge in [0, 0.05) is 19.2 Å². The SMILES string of the molecule is CC(CCO)NCC(O)c1ccco1. The Labute approximate surface area is 83.6 Å². The van der Waals surface area contributed by atoms with Gasteiger partial charge >= 0.3 is 0 Å². The number of furan rings is 1. The van der Waals surface area contributed by atoms with Crippen molar-refractivity contribution in [1.29, 1.82) is 0 Å². The molecule has 2 atom stereocenters. The lowest BCUT2D eigenvalue weighted by Gasteiger charge is -2.14. The van der Waals surface area contributed by atoms with Crippen molar-refractivity contribution in [3.05, 3.63) is 24.2 Å². The number of hydrogen-bond donors (Lipinski definition) is 3. The van der Waals surface area contributed by atoms with Gasteiger partial charge in [-0.25, -0.2) is 0 Å². The Morgan fingerprint density at radius 2 is 2.36 bits per heavy atom. The molecule has 4 heteroatoms. The average Bonchev–Trinajstić information content (AvgIpc) is 2.67. The first-order valence-corrected chi connectivity index (χ1v) is 4.79. The van der Waals surface area contributed by atoms with Crippen LogP contribution in [0.1, 0.15) is 25.2 Å². The summed E-state index contributed by atoms with van der Waals surface area (Å²) in [5.74, 6) is 0.564. The van der Waals surface area contributed by atoms with E-state index in [-0.39, 0.29) is 12.6 Å². The molecule has 0 amide bonds. The summed E-state index contributed by atoms with van der Waals surface area (Å²) in [4.78, 5) is 0. The molecular weight excluding hydrogens is 182 g/mol. The molecule has 1 rings (SSSR count). The van der Waals surface area contributed by atoms with E-state index in [9.17, 15) is 5.11 Å². The van der Waals surface area contributed by atoms with Gasteiger partial charge in [-0.3, -0.25) is 0 Å². The smallest absolute Gasteiger partial charge is 0.133 e. The summed E-state index contributed by atoms with van der Waals surface area (Å²) in [6.45, 7) is 2.56. The van der Waals surface area contributed by atoms with Crippen molar-refractivity contribution in [2.75, 3.05) is 13.2 Å². The van der Waals surface area contributed by atoms with Crippen LogP contribution in [-0.2, 0) is 0 Å². The van der Waals surface area contributed by atoms with Crippen LogP contribution in [0, 0.1) is 0 Å². The summed E-state index contributed by atoms with van der Waals surface area (Å²) < 4.78 is 5.05. The van der Waals surface area contributed by atoms with Crippen molar-refractivity contribution in [2.45, 2.75) is 25.5 Å². The van der Waals surface area contributed by atoms with Gasteiger partial charge in [0.2, 0.25) is 0 Å². The Morgan fingerprint density at radius 1 is 1.57 bits per heavy atom. The van der Waals surface area contributed by atoms with Crippen molar-refractivity contribution in [1.82, 2.24) is 5.32 Å². The van der Waals surface area contributed by atoms with Crippen LogP contribution in [0.3, 0.4) is 0 Å². The number of hydrogen-bond acceptors (Lipinski definition) is 4. The van der Waals surface area contributed by atoms with E-state index < -0.39 is 6.10 Å². The van der Waals surface area contributed by atoms with Crippen molar-refractivity contribution in [3.8, 4) is 0 Å². The van der Waals surface area contributed by atoms with Crippen LogP contribution in [0.4, 0.5) is 0 Å². The highest BCUT2D eigenvalue weighted by molar-refractivity contribution is 5.02. The highest BCUT2D eigenvalue weighted by Gasteiger charge is 2.10. The molecule has 4 nitrogen and oxygen atoms in total. The molecule has 0 saturated carbocycles.